The van der Waals surface area contributed by atoms with E-state index in [2.05, 4.69) is 247 Å². The number of aromatic nitrogens is 5. The summed E-state index contributed by atoms with van der Waals surface area (Å²) in [5.41, 5.74) is 18.2. The van der Waals surface area contributed by atoms with Crippen LogP contribution in [-0.4, -0.2) is 29.2 Å². The van der Waals surface area contributed by atoms with Gasteiger partial charge in [0.15, 0.2) is 0 Å². The molecule has 8 aromatic carbocycles. The number of hydrogen-bond acceptors (Lipinski definition) is 4. The van der Waals surface area contributed by atoms with Crippen LogP contribution in [0, 0.1) is 57.1 Å². The van der Waals surface area contributed by atoms with E-state index in [4.69, 9.17) is 5.11 Å². The van der Waals surface area contributed by atoms with Gasteiger partial charge < -0.3 is 24.2 Å². The van der Waals surface area contributed by atoms with Gasteiger partial charge in [-0.25, -0.2) is 0 Å². The Labute approximate surface area is 576 Å². The molecule has 13 aromatic rings. The predicted octanol–water partition coefficient (Wildman–Crippen LogP) is 23.2. The molecule has 1 radical (unpaired) electrons. The second-order valence-corrected chi connectivity index (χ2v) is 29.3. The van der Waals surface area contributed by atoms with Crippen LogP contribution in [0.2, 0.25) is 0 Å². The Morgan fingerprint density at radius 3 is 0.938 bits per heavy atom. The van der Waals surface area contributed by atoms with Crippen LogP contribution in [0.5, 0.6) is 0 Å². The topological polar surface area (TPSA) is 68.8 Å². The first kappa shape index (κ1) is 71.0. The molecule has 493 valence electrons. The molecular formula is C85H83F4IrN5O-2. The first-order valence-corrected chi connectivity index (χ1v) is 32.2. The fraction of sp³-hybridized carbons (Fsp3) is 0.235. The standard InChI is InChI=1S/C56H64N2.2C11H6F2N.C7H7NO.Ir/c1-53(2,3)33-37-13-25-49-45(29-37)46-30-38(34-54(4,5)6)14-26-50(46)57(49)43-21-17-41(18-22-43)42-19-23-44(24-20-42)58-51-27-15-39(35-55(7,8)9)31-47(51)48-32-40(16-28-52(48)58)36-56(10,11)12;2*12-8-4-5-9(10(13)7-8)11-3-1-2-6-14-11;1-6(9)7-4-2-3-5-8-7;/h13-32H,33-36H2,1-12H3;2*1-4,6-7H;2-5,9H,1H2;/q;2*-1;;. The number of aliphatic hydroxyl groups is 1. The molecule has 0 saturated carbocycles. The van der Waals surface area contributed by atoms with Crippen LogP contribution in [0.15, 0.2) is 225 Å². The van der Waals surface area contributed by atoms with Crippen molar-refractivity contribution in [1.82, 2.24) is 24.1 Å². The quantitative estimate of drug-likeness (QED) is 0.0842. The van der Waals surface area contributed by atoms with Crippen molar-refractivity contribution < 1.29 is 42.8 Å². The summed E-state index contributed by atoms with van der Waals surface area (Å²) < 4.78 is 56.5. The third-order valence-electron chi connectivity index (χ3n) is 15.8. The van der Waals surface area contributed by atoms with Crippen molar-refractivity contribution in [2.24, 2.45) is 21.7 Å². The molecule has 0 amide bonds. The zero-order valence-corrected chi connectivity index (χ0v) is 59.2. The Morgan fingerprint density at radius 2 is 0.698 bits per heavy atom. The Bertz CT molecular complexity index is 4380. The van der Waals surface area contributed by atoms with Crippen LogP contribution >= 0.6 is 0 Å². The molecule has 0 aliphatic heterocycles. The molecule has 96 heavy (non-hydrogen) atoms. The van der Waals surface area contributed by atoms with E-state index in [9.17, 15) is 17.6 Å². The summed E-state index contributed by atoms with van der Waals surface area (Å²) in [5, 5.41) is 14.1. The average molecular weight is 1460 g/mol. The number of hydrogen-bond donors (Lipinski definition) is 1. The zero-order chi connectivity index (χ0) is 68.0. The summed E-state index contributed by atoms with van der Waals surface area (Å²) in [6.45, 7) is 31.2. The number of halogens is 4. The second-order valence-electron chi connectivity index (χ2n) is 29.3. The van der Waals surface area contributed by atoms with E-state index < -0.39 is 23.3 Å². The Kier molecular flexibility index (Phi) is 22.0. The van der Waals surface area contributed by atoms with E-state index >= 15 is 0 Å². The van der Waals surface area contributed by atoms with Gasteiger partial charge in [-0.15, -0.1) is 24.3 Å². The SMILES string of the molecule is C=C(O)c1ccccn1.CC(C)(C)Cc1ccc2c(c1)c1cc(CC(C)(C)C)ccc1n2-c1ccc(-c2ccc(-n3c4ccc(CC(C)(C)C)cc4c4cc(CC(C)(C)C)ccc43)cc2)cc1.Fc1c[c-]c(-c2ccccn2)c(F)c1.Fc1c[c-]c(-c2ccccn2)c(F)c1.[Ir]. The molecule has 5 heterocycles. The van der Waals surface area contributed by atoms with E-state index in [1.807, 2.05) is 0 Å². The fourth-order valence-corrected chi connectivity index (χ4v) is 12.1. The van der Waals surface area contributed by atoms with Crippen molar-refractivity contribution in [3.8, 4) is 45.0 Å². The minimum Gasteiger partial charge on any atom is -0.506 e. The van der Waals surface area contributed by atoms with Crippen LogP contribution in [0.4, 0.5) is 17.6 Å². The molecule has 11 heteroatoms. The van der Waals surface area contributed by atoms with Gasteiger partial charge in [0.2, 0.25) is 0 Å². The minimum absolute atomic E-state index is 0. The third kappa shape index (κ3) is 18.2. The summed E-state index contributed by atoms with van der Waals surface area (Å²) in [6.07, 6.45) is 8.92. The van der Waals surface area contributed by atoms with Gasteiger partial charge >= 0.3 is 0 Å². The molecule has 0 bridgehead atoms. The second kappa shape index (κ2) is 29.8. The molecule has 13 rings (SSSR count). The van der Waals surface area contributed by atoms with Gasteiger partial charge in [-0.05, 0) is 189 Å². The van der Waals surface area contributed by atoms with E-state index in [0.29, 0.717) is 17.1 Å². The van der Waals surface area contributed by atoms with Crippen molar-refractivity contribution in [2.45, 2.75) is 109 Å². The summed E-state index contributed by atoms with van der Waals surface area (Å²) in [5.74, 6) is -2.56. The Balaban J connectivity index is 0.000000227. The number of nitrogens with zero attached hydrogens (tertiary/aromatic N) is 5. The van der Waals surface area contributed by atoms with Crippen molar-refractivity contribution in [3.63, 3.8) is 0 Å². The molecular weight excluding hydrogens is 1380 g/mol. The van der Waals surface area contributed by atoms with E-state index in [-0.39, 0.29) is 58.7 Å². The molecule has 0 saturated heterocycles. The van der Waals surface area contributed by atoms with Gasteiger partial charge in [0, 0.05) is 94.9 Å². The van der Waals surface area contributed by atoms with Crippen molar-refractivity contribution in [3.05, 3.63) is 289 Å². The van der Waals surface area contributed by atoms with Gasteiger partial charge in [0.1, 0.15) is 11.5 Å². The van der Waals surface area contributed by atoms with Crippen LogP contribution in [-0.2, 0) is 45.8 Å². The smallest absolute Gasteiger partial charge is 0.134 e. The molecule has 0 fully saturated rings. The molecule has 0 aliphatic rings. The Morgan fingerprint density at radius 1 is 0.396 bits per heavy atom. The number of benzene rings is 8. The Hall–Kier alpha value is -9.28. The summed E-state index contributed by atoms with van der Waals surface area (Å²) in [4.78, 5) is 11.7. The maximum atomic E-state index is 13.2. The fourth-order valence-electron chi connectivity index (χ4n) is 12.1. The summed E-state index contributed by atoms with van der Waals surface area (Å²) in [7, 11) is 0. The number of aliphatic hydroxyl groups excluding tert-OH is 1. The molecule has 0 aliphatic carbocycles. The number of rotatable bonds is 10. The number of pyridine rings is 3. The third-order valence-corrected chi connectivity index (χ3v) is 15.8. The monoisotopic (exact) mass is 1460 g/mol. The zero-order valence-electron chi connectivity index (χ0n) is 56.8. The largest absolute Gasteiger partial charge is 0.506 e. The van der Waals surface area contributed by atoms with Crippen molar-refractivity contribution >= 4 is 49.4 Å². The van der Waals surface area contributed by atoms with Gasteiger partial charge in [0.25, 0.3) is 0 Å². The normalized spacial score (nSPS) is 11.7. The van der Waals surface area contributed by atoms with Gasteiger partial charge in [-0.3, -0.25) is 22.5 Å². The molecule has 0 atom stereocenters. The number of fused-ring (bicyclic) bond motifs is 6. The van der Waals surface area contributed by atoms with Crippen LogP contribution < -0.4 is 0 Å². The van der Waals surface area contributed by atoms with Crippen LogP contribution in [0.3, 0.4) is 0 Å². The first-order chi connectivity index (χ1) is 45.0. The summed E-state index contributed by atoms with van der Waals surface area (Å²) in [6, 6.07) is 71.2. The van der Waals surface area contributed by atoms with E-state index in [1.165, 1.54) is 88.4 Å². The molecule has 1 N–H and O–H groups in total. The van der Waals surface area contributed by atoms with Gasteiger partial charge in [-0.2, -0.15) is 0 Å². The van der Waals surface area contributed by atoms with Crippen molar-refractivity contribution in [2.75, 3.05) is 0 Å². The maximum absolute atomic E-state index is 13.2. The molecule has 5 aromatic heterocycles. The van der Waals surface area contributed by atoms with E-state index in [1.54, 1.807) is 73.2 Å². The molecule has 0 spiro atoms. The first-order valence-electron chi connectivity index (χ1n) is 32.2. The van der Waals surface area contributed by atoms with Crippen LogP contribution in [0.1, 0.15) is 111 Å². The predicted molar refractivity (Wildman–Crippen MR) is 386 cm³/mol. The molecule has 0 unspecified atom stereocenters. The minimum atomic E-state index is -0.649. The van der Waals surface area contributed by atoms with Crippen molar-refractivity contribution in [1.29, 1.82) is 0 Å². The average Bonchev–Trinajstić information content (AvgIpc) is 1.60. The van der Waals surface area contributed by atoms with E-state index in [0.717, 1.165) is 49.9 Å². The summed E-state index contributed by atoms with van der Waals surface area (Å²) >= 11 is 0. The molecule has 6 nitrogen and oxygen atoms in total. The van der Waals surface area contributed by atoms with Crippen LogP contribution in [0.25, 0.3) is 94.4 Å². The van der Waals surface area contributed by atoms with Gasteiger partial charge in [-0.1, -0.05) is 192 Å². The van der Waals surface area contributed by atoms with Gasteiger partial charge in [0.05, 0.1) is 22.1 Å². The maximum Gasteiger partial charge on any atom is 0.134 e.